The van der Waals surface area contributed by atoms with Crippen LogP contribution in [-0.2, 0) is 4.79 Å². The number of hydrogen-bond donors (Lipinski definition) is 1. The molecule has 1 saturated heterocycles. The molecule has 1 fully saturated rings. The second-order valence-electron chi connectivity index (χ2n) is 6.27. The third-order valence-corrected chi connectivity index (χ3v) is 4.98. The average Bonchev–Trinajstić information content (AvgIpc) is 2.50. The Balaban J connectivity index is 2.26. The monoisotopic (exact) mass is 315 g/mol. The maximum Gasteiger partial charge on any atom is 0.239 e. The van der Waals surface area contributed by atoms with Crippen LogP contribution >= 0.6 is 11.8 Å². The zero-order chi connectivity index (χ0) is 15.7. The first-order chi connectivity index (χ1) is 10.1. The number of carbonyl (C=O) groups is 1. The van der Waals surface area contributed by atoms with Crippen molar-refractivity contribution in [3.05, 3.63) is 0 Å². The predicted molar refractivity (Wildman–Crippen MR) is 92.7 cm³/mol. The first kappa shape index (κ1) is 18.8. The van der Waals surface area contributed by atoms with Crippen molar-refractivity contribution in [2.75, 3.05) is 45.2 Å². The van der Waals surface area contributed by atoms with E-state index in [1.54, 1.807) is 11.8 Å². The van der Waals surface area contributed by atoms with Gasteiger partial charge in [0.2, 0.25) is 5.91 Å². The highest BCUT2D eigenvalue weighted by Gasteiger charge is 2.26. The van der Waals surface area contributed by atoms with E-state index < -0.39 is 0 Å². The van der Waals surface area contributed by atoms with E-state index in [0.29, 0.717) is 0 Å². The number of hydrogen-bond acceptors (Lipinski definition) is 4. The number of nitrogens with two attached hydrogens (primary N) is 1. The van der Waals surface area contributed by atoms with Crippen molar-refractivity contribution < 1.29 is 4.79 Å². The molecule has 0 spiro atoms. The van der Waals surface area contributed by atoms with Gasteiger partial charge >= 0.3 is 0 Å². The molecule has 0 aromatic rings. The third-order valence-electron chi connectivity index (χ3n) is 4.34. The van der Waals surface area contributed by atoms with Crippen molar-refractivity contribution in [3.8, 4) is 0 Å². The molecule has 5 heteroatoms. The number of amides is 1. The van der Waals surface area contributed by atoms with Crippen LogP contribution in [-0.4, -0.2) is 67.0 Å². The van der Waals surface area contributed by atoms with Crippen LogP contribution in [0.1, 0.15) is 39.0 Å². The molecular formula is C16H33N3OS. The van der Waals surface area contributed by atoms with Crippen molar-refractivity contribution in [1.29, 1.82) is 0 Å². The van der Waals surface area contributed by atoms with E-state index in [1.807, 2.05) is 4.90 Å². The summed E-state index contributed by atoms with van der Waals surface area (Å²) >= 11 is 1.75. The van der Waals surface area contributed by atoms with Gasteiger partial charge in [-0.05, 0) is 57.2 Å². The van der Waals surface area contributed by atoms with Gasteiger partial charge < -0.3 is 15.5 Å². The lowest BCUT2D eigenvalue weighted by molar-refractivity contribution is -0.134. The number of thioether (sulfide) groups is 1. The summed E-state index contributed by atoms with van der Waals surface area (Å²) in [6, 6.07) is -0.304. The van der Waals surface area contributed by atoms with Crippen molar-refractivity contribution in [3.63, 3.8) is 0 Å². The number of nitrogens with zero attached hydrogens (tertiary/aromatic N) is 2. The number of unbranched alkanes of at least 4 members (excludes halogenated alkanes) is 1. The average molecular weight is 316 g/mol. The molecule has 1 aliphatic rings. The predicted octanol–water partition coefficient (Wildman–Crippen LogP) is 2.04. The van der Waals surface area contributed by atoms with Crippen LogP contribution < -0.4 is 5.73 Å². The molecule has 124 valence electrons. The number of rotatable bonds is 9. The standard InChI is InChI=1S/C16H33N3OS/c1-4-5-9-18(2)13-14-6-10-19(11-7-14)16(20)15(17)8-12-21-3/h14-15H,4-13,17H2,1-3H3/t15-/m1/s1. The molecule has 0 aliphatic carbocycles. The fraction of sp³-hybridized carbons (Fsp3) is 0.938. The van der Waals surface area contributed by atoms with Crippen molar-refractivity contribution in [2.24, 2.45) is 11.7 Å². The Morgan fingerprint density at radius 3 is 2.67 bits per heavy atom. The van der Waals surface area contributed by atoms with E-state index in [9.17, 15) is 4.79 Å². The van der Waals surface area contributed by atoms with Gasteiger partial charge in [0.25, 0.3) is 0 Å². The van der Waals surface area contributed by atoms with Gasteiger partial charge in [-0.25, -0.2) is 0 Å². The molecule has 21 heavy (non-hydrogen) atoms. The van der Waals surface area contributed by atoms with Gasteiger partial charge in [-0.15, -0.1) is 0 Å². The van der Waals surface area contributed by atoms with E-state index >= 15 is 0 Å². The molecular weight excluding hydrogens is 282 g/mol. The van der Waals surface area contributed by atoms with E-state index in [4.69, 9.17) is 5.73 Å². The second-order valence-corrected chi connectivity index (χ2v) is 7.26. The quantitative estimate of drug-likeness (QED) is 0.707. The lowest BCUT2D eigenvalue weighted by Crippen LogP contribution is -2.48. The molecule has 0 bridgehead atoms. The Bertz CT molecular complexity index is 293. The second kappa shape index (κ2) is 10.5. The highest BCUT2D eigenvalue weighted by Crippen LogP contribution is 2.19. The first-order valence-electron chi connectivity index (χ1n) is 8.30. The highest BCUT2D eigenvalue weighted by atomic mass is 32.2. The number of carbonyl (C=O) groups excluding carboxylic acids is 1. The topological polar surface area (TPSA) is 49.6 Å². The van der Waals surface area contributed by atoms with Gasteiger partial charge in [-0.2, -0.15) is 11.8 Å². The minimum atomic E-state index is -0.304. The van der Waals surface area contributed by atoms with E-state index in [-0.39, 0.29) is 11.9 Å². The zero-order valence-corrected chi connectivity index (χ0v) is 14.8. The zero-order valence-electron chi connectivity index (χ0n) is 14.0. The maximum atomic E-state index is 12.3. The van der Waals surface area contributed by atoms with Crippen LogP contribution in [0.2, 0.25) is 0 Å². The van der Waals surface area contributed by atoms with Crippen LogP contribution in [0.5, 0.6) is 0 Å². The van der Waals surface area contributed by atoms with Crippen molar-refractivity contribution in [1.82, 2.24) is 9.80 Å². The van der Waals surface area contributed by atoms with Gasteiger partial charge in [0.15, 0.2) is 0 Å². The smallest absolute Gasteiger partial charge is 0.239 e. The summed E-state index contributed by atoms with van der Waals surface area (Å²) in [5.74, 6) is 1.85. The van der Waals surface area contributed by atoms with E-state index in [2.05, 4.69) is 25.1 Å². The molecule has 1 aliphatic heterocycles. The Morgan fingerprint density at radius 1 is 1.43 bits per heavy atom. The van der Waals surface area contributed by atoms with Gasteiger partial charge in [0, 0.05) is 19.6 Å². The first-order valence-corrected chi connectivity index (χ1v) is 9.69. The molecule has 0 unspecified atom stereocenters. The van der Waals surface area contributed by atoms with E-state index in [1.165, 1.54) is 25.9 Å². The SMILES string of the molecule is CCCCN(C)CC1CCN(C(=O)[C@H](N)CCSC)CC1. The molecule has 1 amide bonds. The van der Waals surface area contributed by atoms with Crippen LogP contribution in [0.25, 0.3) is 0 Å². The Kier molecular flexibility index (Phi) is 9.36. The molecule has 4 nitrogen and oxygen atoms in total. The largest absolute Gasteiger partial charge is 0.341 e. The summed E-state index contributed by atoms with van der Waals surface area (Å²) in [5.41, 5.74) is 5.99. The summed E-state index contributed by atoms with van der Waals surface area (Å²) in [6.45, 7) is 6.37. The van der Waals surface area contributed by atoms with Gasteiger partial charge in [0.05, 0.1) is 6.04 Å². The minimum Gasteiger partial charge on any atom is -0.341 e. The summed E-state index contributed by atoms with van der Waals surface area (Å²) < 4.78 is 0. The number of piperidine rings is 1. The molecule has 1 atom stereocenters. The molecule has 0 aromatic carbocycles. The Hall–Kier alpha value is -0.260. The molecule has 2 N–H and O–H groups in total. The fourth-order valence-electron chi connectivity index (χ4n) is 2.90. The lowest BCUT2D eigenvalue weighted by atomic mass is 9.95. The molecule has 1 heterocycles. The normalized spacial score (nSPS) is 18.2. The Labute approximate surface area is 134 Å². The van der Waals surface area contributed by atoms with Gasteiger partial charge in [-0.1, -0.05) is 13.3 Å². The van der Waals surface area contributed by atoms with Crippen molar-refractivity contribution >= 4 is 17.7 Å². The van der Waals surface area contributed by atoms with Gasteiger partial charge in [-0.3, -0.25) is 4.79 Å². The fourth-order valence-corrected chi connectivity index (χ4v) is 3.39. The van der Waals surface area contributed by atoms with Gasteiger partial charge in [0.1, 0.15) is 0 Å². The minimum absolute atomic E-state index is 0.154. The van der Waals surface area contributed by atoms with E-state index in [0.717, 1.165) is 44.0 Å². The van der Waals surface area contributed by atoms with Crippen LogP contribution in [0.15, 0.2) is 0 Å². The maximum absolute atomic E-state index is 12.3. The van der Waals surface area contributed by atoms with Crippen LogP contribution in [0.4, 0.5) is 0 Å². The lowest BCUT2D eigenvalue weighted by Gasteiger charge is -2.35. The summed E-state index contributed by atoms with van der Waals surface area (Å²) in [6.07, 6.45) is 7.62. The number of likely N-dealkylation sites (tertiary alicyclic amines) is 1. The Morgan fingerprint density at radius 2 is 2.10 bits per heavy atom. The molecule has 1 rings (SSSR count). The molecule has 0 saturated carbocycles. The van der Waals surface area contributed by atoms with Crippen LogP contribution in [0.3, 0.4) is 0 Å². The molecule has 0 aromatic heterocycles. The summed E-state index contributed by atoms with van der Waals surface area (Å²) in [7, 11) is 2.21. The molecule has 0 radical (unpaired) electrons. The summed E-state index contributed by atoms with van der Waals surface area (Å²) in [5, 5.41) is 0. The highest BCUT2D eigenvalue weighted by molar-refractivity contribution is 7.98. The third kappa shape index (κ3) is 7.02. The van der Waals surface area contributed by atoms with Crippen molar-refractivity contribution in [2.45, 2.75) is 45.1 Å². The van der Waals surface area contributed by atoms with Crippen LogP contribution in [0, 0.1) is 5.92 Å². The summed E-state index contributed by atoms with van der Waals surface area (Å²) in [4.78, 5) is 16.7.